The van der Waals surface area contributed by atoms with Crippen molar-refractivity contribution in [1.82, 2.24) is 10.2 Å². The van der Waals surface area contributed by atoms with Crippen molar-refractivity contribution < 1.29 is 0 Å². The molecule has 3 rings (SSSR count). The summed E-state index contributed by atoms with van der Waals surface area (Å²) in [6.45, 7) is 1.11. The topological polar surface area (TPSA) is 40.7 Å². The van der Waals surface area contributed by atoms with E-state index in [0.717, 1.165) is 18.2 Å². The van der Waals surface area contributed by atoms with E-state index in [1.165, 1.54) is 43.4 Å². The molecule has 0 radical (unpaired) electrons. The number of rotatable bonds is 4. The average Bonchev–Trinajstić information content (AvgIpc) is 3.01. The minimum Gasteiger partial charge on any atom is -0.385 e. The molecule has 3 nitrogen and oxygen atoms in total. The fraction of sp³-hybridized carbons (Fsp3) is 0.438. The molecule has 0 unspecified atom stereocenters. The summed E-state index contributed by atoms with van der Waals surface area (Å²) in [6.07, 6.45) is 8.80. The van der Waals surface area contributed by atoms with E-state index in [4.69, 9.17) is 0 Å². The zero-order valence-electron chi connectivity index (χ0n) is 11.2. The Kier molecular flexibility index (Phi) is 3.82. The van der Waals surface area contributed by atoms with Crippen LogP contribution in [0.15, 0.2) is 36.5 Å². The summed E-state index contributed by atoms with van der Waals surface area (Å²) in [5, 5.41) is 10.5. The van der Waals surface area contributed by atoms with Crippen LogP contribution < -0.4 is 5.32 Å². The number of anilines is 1. The molecule has 0 atom stereocenters. The zero-order valence-corrected chi connectivity index (χ0v) is 11.2. The third-order valence-corrected chi connectivity index (χ3v) is 4.02. The van der Waals surface area contributed by atoms with Gasteiger partial charge < -0.3 is 5.32 Å². The summed E-state index contributed by atoms with van der Waals surface area (Å²) >= 11 is 0. The molecule has 1 aliphatic carbocycles. The quantitative estimate of drug-likeness (QED) is 0.864. The largest absolute Gasteiger partial charge is 0.385 e. The van der Waals surface area contributed by atoms with E-state index in [1.807, 2.05) is 6.07 Å². The summed E-state index contributed by atoms with van der Waals surface area (Å²) < 4.78 is 0. The van der Waals surface area contributed by atoms with Crippen molar-refractivity contribution in [2.75, 3.05) is 11.9 Å². The Morgan fingerprint density at radius 1 is 1.05 bits per heavy atom. The first kappa shape index (κ1) is 12.3. The first-order chi connectivity index (χ1) is 9.42. The molecule has 0 amide bonds. The second kappa shape index (κ2) is 5.91. The number of aromatic nitrogens is 2. The number of hydrogen-bond donors (Lipinski definition) is 2. The summed E-state index contributed by atoms with van der Waals surface area (Å²) in [5.74, 6) is 0.862. The monoisotopic (exact) mass is 255 g/mol. The highest BCUT2D eigenvalue weighted by Gasteiger charge is 2.12. The van der Waals surface area contributed by atoms with Crippen molar-refractivity contribution in [2.24, 2.45) is 5.92 Å². The van der Waals surface area contributed by atoms with Gasteiger partial charge in [-0.1, -0.05) is 31.4 Å². The Bertz CT molecular complexity index is 481. The van der Waals surface area contributed by atoms with Crippen molar-refractivity contribution in [3.63, 3.8) is 0 Å². The zero-order chi connectivity index (χ0) is 12.9. The van der Waals surface area contributed by atoms with Gasteiger partial charge in [-0.25, -0.2) is 0 Å². The Morgan fingerprint density at radius 3 is 2.53 bits per heavy atom. The maximum atomic E-state index is 3.98. The lowest BCUT2D eigenvalue weighted by Crippen LogP contribution is -2.16. The molecular weight excluding hydrogens is 234 g/mol. The molecule has 1 saturated carbocycles. The molecule has 2 aromatic rings. The average molecular weight is 255 g/mol. The van der Waals surface area contributed by atoms with E-state index in [-0.39, 0.29) is 0 Å². The lowest BCUT2D eigenvalue weighted by molar-refractivity contribution is 0.373. The standard InChI is InChI=1S/C16H21N3/c1-2-4-13(5-3-1)12-17-15-8-6-14(7-9-15)16-10-11-18-19-16/h6-11,13,17H,1-5,12H2,(H,18,19). The van der Waals surface area contributed by atoms with Gasteiger partial charge in [0.15, 0.2) is 0 Å². The van der Waals surface area contributed by atoms with Crippen molar-refractivity contribution in [3.05, 3.63) is 36.5 Å². The van der Waals surface area contributed by atoms with Crippen LogP contribution in [0.2, 0.25) is 0 Å². The molecule has 0 saturated heterocycles. The smallest absolute Gasteiger partial charge is 0.0650 e. The maximum Gasteiger partial charge on any atom is 0.0650 e. The van der Waals surface area contributed by atoms with Crippen LogP contribution in [-0.4, -0.2) is 16.7 Å². The number of H-pyrrole nitrogens is 1. The van der Waals surface area contributed by atoms with Crippen LogP contribution in [0.3, 0.4) is 0 Å². The highest BCUT2D eigenvalue weighted by molar-refractivity contribution is 5.62. The Morgan fingerprint density at radius 2 is 1.84 bits per heavy atom. The van der Waals surface area contributed by atoms with Gasteiger partial charge in [0, 0.05) is 18.4 Å². The molecule has 1 fully saturated rings. The van der Waals surface area contributed by atoms with Gasteiger partial charge in [0.25, 0.3) is 0 Å². The molecule has 100 valence electrons. The fourth-order valence-corrected chi connectivity index (χ4v) is 2.84. The van der Waals surface area contributed by atoms with Gasteiger partial charge in [0.1, 0.15) is 0 Å². The van der Waals surface area contributed by atoms with Crippen LogP contribution in [0.4, 0.5) is 5.69 Å². The van der Waals surface area contributed by atoms with Crippen LogP contribution >= 0.6 is 0 Å². The van der Waals surface area contributed by atoms with Gasteiger partial charge >= 0.3 is 0 Å². The van der Waals surface area contributed by atoms with Crippen molar-refractivity contribution >= 4 is 5.69 Å². The summed E-state index contributed by atoms with van der Waals surface area (Å²) in [6, 6.07) is 10.6. The number of nitrogens with one attached hydrogen (secondary N) is 2. The molecule has 3 heteroatoms. The summed E-state index contributed by atoms with van der Waals surface area (Å²) in [7, 11) is 0. The first-order valence-electron chi connectivity index (χ1n) is 7.25. The van der Waals surface area contributed by atoms with Gasteiger partial charge in [0.2, 0.25) is 0 Å². The Labute approximate surface area is 114 Å². The maximum absolute atomic E-state index is 3.98. The van der Waals surface area contributed by atoms with Gasteiger partial charge in [-0.3, -0.25) is 5.10 Å². The fourth-order valence-electron chi connectivity index (χ4n) is 2.84. The highest BCUT2D eigenvalue weighted by atomic mass is 15.1. The van der Waals surface area contributed by atoms with Crippen LogP contribution in [0.25, 0.3) is 11.3 Å². The SMILES string of the molecule is c1cc(-c2ccc(NCC3CCCCC3)cc2)[nH]n1. The number of hydrogen-bond acceptors (Lipinski definition) is 2. The van der Waals surface area contributed by atoms with Gasteiger partial charge in [-0.15, -0.1) is 0 Å². The molecule has 19 heavy (non-hydrogen) atoms. The van der Waals surface area contributed by atoms with E-state index in [0.29, 0.717) is 0 Å². The van der Waals surface area contributed by atoms with E-state index in [9.17, 15) is 0 Å². The van der Waals surface area contributed by atoms with Crippen LogP contribution in [0, 0.1) is 5.92 Å². The lowest BCUT2D eigenvalue weighted by Gasteiger charge is -2.22. The van der Waals surface area contributed by atoms with Crippen molar-refractivity contribution in [1.29, 1.82) is 0 Å². The van der Waals surface area contributed by atoms with E-state index in [1.54, 1.807) is 6.20 Å². The minimum atomic E-state index is 0.862. The van der Waals surface area contributed by atoms with E-state index in [2.05, 4.69) is 39.8 Å². The minimum absolute atomic E-state index is 0.862. The van der Waals surface area contributed by atoms with Gasteiger partial charge in [-0.05, 0) is 42.5 Å². The van der Waals surface area contributed by atoms with Gasteiger partial charge in [-0.2, -0.15) is 5.10 Å². The normalized spacial score (nSPS) is 16.4. The Hall–Kier alpha value is -1.77. The van der Waals surface area contributed by atoms with E-state index >= 15 is 0 Å². The summed E-state index contributed by atoms with van der Waals surface area (Å²) in [4.78, 5) is 0. The van der Waals surface area contributed by atoms with Crippen molar-refractivity contribution in [2.45, 2.75) is 32.1 Å². The number of aromatic amines is 1. The third kappa shape index (κ3) is 3.16. The second-order valence-electron chi connectivity index (χ2n) is 5.43. The summed E-state index contributed by atoms with van der Waals surface area (Å²) in [5.41, 5.74) is 3.47. The molecule has 1 heterocycles. The molecule has 1 aliphatic rings. The van der Waals surface area contributed by atoms with Crippen LogP contribution in [0.1, 0.15) is 32.1 Å². The molecule has 1 aromatic heterocycles. The molecule has 0 spiro atoms. The molecule has 2 N–H and O–H groups in total. The van der Waals surface area contributed by atoms with Crippen LogP contribution in [-0.2, 0) is 0 Å². The lowest BCUT2D eigenvalue weighted by atomic mass is 9.89. The van der Waals surface area contributed by atoms with E-state index < -0.39 is 0 Å². The molecule has 0 aliphatic heterocycles. The molecule has 0 bridgehead atoms. The number of benzene rings is 1. The van der Waals surface area contributed by atoms with Crippen LogP contribution in [0.5, 0.6) is 0 Å². The molecule has 1 aromatic carbocycles. The number of nitrogens with zero attached hydrogens (tertiary/aromatic N) is 1. The highest BCUT2D eigenvalue weighted by Crippen LogP contribution is 2.24. The Balaban J connectivity index is 1.57. The third-order valence-electron chi connectivity index (χ3n) is 4.02. The predicted octanol–water partition coefficient (Wildman–Crippen LogP) is 4.07. The predicted molar refractivity (Wildman–Crippen MR) is 79.1 cm³/mol. The first-order valence-corrected chi connectivity index (χ1v) is 7.25. The van der Waals surface area contributed by atoms with Gasteiger partial charge in [0.05, 0.1) is 5.69 Å². The van der Waals surface area contributed by atoms with Crippen molar-refractivity contribution in [3.8, 4) is 11.3 Å². The molecular formula is C16H21N3. The second-order valence-corrected chi connectivity index (χ2v) is 5.43.